The number of hydrogen-bond acceptors (Lipinski definition) is 7. The summed E-state index contributed by atoms with van der Waals surface area (Å²) in [5, 5.41) is 14.2. The van der Waals surface area contributed by atoms with Crippen molar-refractivity contribution in [2.75, 3.05) is 13.1 Å². The molecular formula is C33H33F3N4O3S2. The normalized spacial score (nSPS) is 15.1. The van der Waals surface area contributed by atoms with E-state index in [9.17, 15) is 27.9 Å². The zero-order valence-electron chi connectivity index (χ0n) is 24.5. The second-order valence-corrected chi connectivity index (χ2v) is 13.9. The zero-order chi connectivity index (χ0) is 31.6. The average Bonchev–Trinajstić information content (AvgIpc) is 3.44. The Morgan fingerprint density at radius 3 is 2.47 bits per heavy atom. The van der Waals surface area contributed by atoms with Gasteiger partial charge in [-0.15, -0.1) is 11.3 Å². The molecule has 1 fully saturated rings. The van der Waals surface area contributed by atoms with E-state index >= 15 is 0 Å². The number of nitrogens with zero attached hydrogens (tertiary/aromatic N) is 3. The maximum atomic E-state index is 13.8. The van der Waals surface area contributed by atoms with Crippen LogP contribution in [0.1, 0.15) is 57.8 Å². The molecule has 0 bridgehead atoms. The summed E-state index contributed by atoms with van der Waals surface area (Å²) in [5.41, 5.74) is 1.92. The van der Waals surface area contributed by atoms with Gasteiger partial charge in [0.15, 0.2) is 5.16 Å². The summed E-state index contributed by atoms with van der Waals surface area (Å²) in [6.07, 6.45) is 0.398. The Hall–Kier alpha value is -3.61. The highest BCUT2D eigenvalue weighted by Gasteiger charge is 2.30. The monoisotopic (exact) mass is 654 g/mol. The molecule has 2 aliphatic rings. The zero-order valence-corrected chi connectivity index (χ0v) is 26.1. The lowest BCUT2D eigenvalue weighted by Gasteiger charge is -2.30. The van der Waals surface area contributed by atoms with Crippen LogP contribution in [-0.2, 0) is 36.9 Å². The lowest BCUT2D eigenvalue weighted by atomic mass is 10.0. The fourth-order valence-corrected chi connectivity index (χ4v) is 7.75. The summed E-state index contributed by atoms with van der Waals surface area (Å²) < 4.78 is 40.1. The highest BCUT2D eigenvalue weighted by molar-refractivity contribution is 7.99. The fourth-order valence-electron chi connectivity index (χ4n) is 5.40. The van der Waals surface area contributed by atoms with Gasteiger partial charge in [0, 0.05) is 53.9 Å². The summed E-state index contributed by atoms with van der Waals surface area (Å²) in [6, 6.07) is 15.7. The number of phenolic OH excluding ortho intramolecular Hbond substituents is 1. The molecule has 12 heteroatoms. The number of fused-ring (bicyclic) bond motifs is 1. The van der Waals surface area contributed by atoms with Gasteiger partial charge in [0.1, 0.15) is 5.75 Å². The van der Waals surface area contributed by atoms with Crippen LogP contribution in [0.15, 0.2) is 70.6 Å². The fraction of sp³-hybridized carbons (Fsp3) is 0.364. The Bertz CT molecular complexity index is 1720. The van der Waals surface area contributed by atoms with Crippen LogP contribution >= 0.6 is 23.1 Å². The number of benzene rings is 2. The Balaban J connectivity index is 1.04. The number of aromatic nitrogens is 2. The largest absolute Gasteiger partial charge is 0.508 e. The van der Waals surface area contributed by atoms with Crippen LogP contribution in [0.5, 0.6) is 5.75 Å². The standard InChI is InChI=1S/C33H33F3N4O3S2/c34-33(35,36)22-6-4-21(5-7-22)18-26-12-13-27(44-26)19-37-16-14-30(42)39-17-15-29-28(20-39)31(43)40(23-8-10-24(41)11-9-23)32(38-29)45-25-2-1-3-25/h4-13,25,37,41H,1-3,14-20H2. The van der Waals surface area contributed by atoms with Crippen LogP contribution in [0.25, 0.3) is 5.69 Å². The lowest BCUT2D eigenvalue weighted by Crippen LogP contribution is -2.42. The van der Waals surface area contributed by atoms with Gasteiger partial charge in [-0.05, 0) is 66.9 Å². The van der Waals surface area contributed by atoms with E-state index in [2.05, 4.69) is 5.32 Å². The predicted octanol–water partition coefficient (Wildman–Crippen LogP) is 6.32. The van der Waals surface area contributed by atoms with Crippen molar-refractivity contribution in [3.05, 3.63) is 103 Å². The smallest absolute Gasteiger partial charge is 0.416 e. The van der Waals surface area contributed by atoms with Crippen molar-refractivity contribution in [1.82, 2.24) is 19.8 Å². The summed E-state index contributed by atoms with van der Waals surface area (Å²) >= 11 is 3.22. The third kappa shape index (κ3) is 7.45. The maximum absolute atomic E-state index is 13.8. The number of rotatable bonds is 10. The summed E-state index contributed by atoms with van der Waals surface area (Å²) in [4.78, 5) is 35.7. The molecule has 2 N–H and O–H groups in total. The minimum atomic E-state index is -4.34. The number of hydrogen-bond donors (Lipinski definition) is 2. The quantitative estimate of drug-likeness (QED) is 0.154. The molecule has 7 nitrogen and oxygen atoms in total. The first-order valence-electron chi connectivity index (χ1n) is 15.0. The average molecular weight is 655 g/mol. The van der Waals surface area contributed by atoms with Gasteiger partial charge in [-0.3, -0.25) is 14.2 Å². The van der Waals surface area contributed by atoms with Crippen molar-refractivity contribution in [3.63, 3.8) is 0 Å². The van der Waals surface area contributed by atoms with Crippen LogP contribution in [0.4, 0.5) is 13.2 Å². The molecule has 0 saturated heterocycles. The minimum absolute atomic E-state index is 0.0363. The molecule has 2 aromatic carbocycles. The molecular weight excluding hydrogens is 622 g/mol. The second kappa shape index (κ2) is 13.4. The molecule has 1 amide bonds. The molecule has 0 radical (unpaired) electrons. The molecule has 0 spiro atoms. The summed E-state index contributed by atoms with van der Waals surface area (Å²) in [6.45, 7) is 1.77. The Labute approximate surface area is 267 Å². The summed E-state index contributed by atoms with van der Waals surface area (Å²) in [5.74, 6) is 0.0831. The number of alkyl halides is 3. The van der Waals surface area contributed by atoms with E-state index < -0.39 is 11.7 Å². The Morgan fingerprint density at radius 1 is 1.04 bits per heavy atom. The molecule has 3 heterocycles. The molecule has 2 aromatic heterocycles. The van der Waals surface area contributed by atoms with Crippen LogP contribution in [0.3, 0.4) is 0 Å². The van der Waals surface area contributed by atoms with Crippen molar-refractivity contribution in [2.45, 2.75) is 68.2 Å². The van der Waals surface area contributed by atoms with E-state index in [0.717, 1.165) is 46.0 Å². The topological polar surface area (TPSA) is 87.5 Å². The predicted molar refractivity (Wildman–Crippen MR) is 169 cm³/mol. The SMILES string of the molecule is O=C(CCNCc1ccc(Cc2ccc(C(F)(F)F)cc2)s1)N1CCc2nc(SC3CCC3)n(-c3ccc(O)cc3)c(=O)c2C1. The summed E-state index contributed by atoms with van der Waals surface area (Å²) in [7, 11) is 0. The van der Waals surface area contributed by atoms with Crippen molar-refractivity contribution in [1.29, 1.82) is 0 Å². The first-order chi connectivity index (χ1) is 21.6. The van der Waals surface area contributed by atoms with E-state index in [1.165, 1.54) is 18.6 Å². The van der Waals surface area contributed by atoms with E-state index in [-0.39, 0.29) is 30.2 Å². The molecule has 6 rings (SSSR count). The highest BCUT2D eigenvalue weighted by Crippen LogP contribution is 2.36. The van der Waals surface area contributed by atoms with Gasteiger partial charge in [0.2, 0.25) is 5.91 Å². The molecule has 1 saturated carbocycles. The number of aromatic hydroxyl groups is 1. The van der Waals surface area contributed by atoms with Crippen LogP contribution < -0.4 is 10.9 Å². The number of carbonyl (C=O) groups excluding carboxylic acids is 1. The van der Waals surface area contributed by atoms with Gasteiger partial charge < -0.3 is 15.3 Å². The van der Waals surface area contributed by atoms with Crippen LogP contribution in [0, 0.1) is 0 Å². The molecule has 0 unspecified atom stereocenters. The third-order valence-corrected chi connectivity index (χ3v) is 10.6. The molecule has 0 atom stereocenters. The third-order valence-electron chi connectivity index (χ3n) is 8.18. The molecule has 1 aliphatic heterocycles. The van der Waals surface area contributed by atoms with Crippen LogP contribution in [0.2, 0.25) is 0 Å². The van der Waals surface area contributed by atoms with Gasteiger partial charge in [-0.25, -0.2) is 4.98 Å². The van der Waals surface area contributed by atoms with E-state index in [0.29, 0.717) is 54.1 Å². The number of phenols is 1. The number of nitrogens with one attached hydrogen (secondary N) is 1. The number of thioether (sulfide) groups is 1. The number of halogens is 3. The van der Waals surface area contributed by atoms with Crippen molar-refractivity contribution < 1.29 is 23.1 Å². The van der Waals surface area contributed by atoms with E-state index in [1.807, 2.05) is 12.1 Å². The lowest BCUT2D eigenvalue weighted by molar-refractivity contribution is -0.137. The number of thiophene rings is 1. The van der Waals surface area contributed by atoms with Gasteiger partial charge in [0.25, 0.3) is 5.56 Å². The van der Waals surface area contributed by atoms with Gasteiger partial charge >= 0.3 is 6.18 Å². The molecule has 236 valence electrons. The van der Waals surface area contributed by atoms with Crippen molar-refractivity contribution >= 4 is 29.0 Å². The number of carbonyl (C=O) groups is 1. The van der Waals surface area contributed by atoms with Crippen LogP contribution in [-0.4, -0.2) is 43.8 Å². The maximum Gasteiger partial charge on any atom is 0.416 e. The van der Waals surface area contributed by atoms with Gasteiger partial charge in [0.05, 0.1) is 29.1 Å². The highest BCUT2D eigenvalue weighted by atomic mass is 32.2. The first kappa shape index (κ1) is 31.4. The molecule has 4 aromatic rings. The van der Waals surface area contributed by atoms with E-state index in [1.54, 1.807) is 56.8 Å². The molecule has 45 heavy (non-hydrogen) atoms. The molecule has 1 aliphatic carbocycles. The van der Waals surface area contributed by atoms with Crippen molar-refractivity contribution in [3.8, 4) is 11.4 Å². The second-order valence-electron chi connectivity index (χ2n) is 11.4. The first-order valence-corrected chi connectivity index (χ1v) is 16.7. The number of amides is 1. The van der Waals surface area contributed by atoms with Crippen molar-refractivity contribution in [2.24, 2.45) is 0 Å². The van der Waals surface area contributed by atoms with E-state index in [4.69, 9.17) is 4.98 Å². The minimum Gasteiger partial charge on any atom is -0.508 e. The van der Waals surface area contributed by atoms with Gasteiger partial charge in [-0.1, -0.05) is 30.3 Å². The Morgan fingerprint density at radius 2 is 1.78 bits per heavy atom. The van der Waals surface area contributed by atoms with Gasteiger partial charge in [-0.2, -0.15) is 13.2 Å². The Kier molecular flexibility index (Phi) is 9.34.